The van der Waals surface area contributed by atoms with Gasteiger partial charge in [-0.15, -0.1) is 0 Å². The van der Waals surface area contributed by atoms with Crippen LogP contribution in [0.25, 0.3) is 11.0 Å². The second kappa shape index (κ2) is 7.08. The van der Waals surface area contributed by atoms with Crippen molar-refractivity contribution in [2.45, 2.75) is 18.8 Å². The van der Waals surface area contributed by atoms with Gasteiger partial charge in [-0.1, -0.05) is 5.16 Å². The van der Waals surface area contributed by atoms with E-state index in [4.69, 9.17) is 4.52 Å². The van der Waals surface area contributed by atoms with Crippen LogP contribution in [0.2, 0.25) is 0 Å². The van der Waals surface area contributed by atoms with Crippen molar-refractivity contribution in [3.63, 3.8) is 0 Å². The zero-order chi connectivity index (χ0) is 19.0. The first-order valence-corrected chi connectivity index (χ1v) is 8.85. The molecule has 0 saturated carbocycles. The topological polar surface area (TPSA) is 58.4 Å². The predicted octanol–water partition coefficient (Wildman–Crippen LogP) is 4.17. The highest BCUT2D eigenvalue weighted by atomic mass is 19.1. The molecule has 1 aromatic heterocycles. The average Bonchev–Trinajstić information content (AvgIpc) is 3.05. The molecule has 3 aromatic rings. The summed E-state index contributed by atoms with van der Waals surface area (Å²) >= 11 is 0. The molecule has 1 N–H and O–H groups in total. The molecule has 2 heterocycles. The van der Waals surface area contributed by atoms with Gasteiger partial charge in [0.25, 0.3) is 5.91 Å². The minimum absolute atomic E-state index is 0.211. The minimum atomic E-state index is -0.898. The number of benzene rings is 2. The first-order chi connectivity index (χ1) is 13.0. The lowest BCUT2D eigenvalue weighted by molar-refractivity contribution is 0.102. The van der Waals surface area contributed by atoms with Gasteiger partial charge in [-0.3, -0.25) is 4.79 Å². The number of anilines is 1. The summed E-state index contributed by atoms with van der Waals surface area (Å²) in [4.78, 5) is 14.6. The number of piperidine rings is 1. The first kappa shape index (κ1) is 17.6. The van der Waals surface area contributed by atoms with Crippen molar-refractivity contribution in [2.75, 3.05) is 25.5 Å². The van der Waals surface area contributed by atoms with Gasteiger partial charge in [0.05, 0.1) is 11.3 Å². The van der Waals surface area contributed by atoms with E-state index >= 15 is 0 Å². The number of rotatable bonds is 3. The van der Waals surface area contributed by atoms with E-state index in [2.05, 4.69) is 22.4 Å². The number of amides is 1. The molecule has 0 atom stereocenters. The van der Waals surface area contributed by atoms with Gasteiger partial charge in [-0.05, 0) is 63.3 Å². The highest BCUT2D eigenvalue weighted by Gasteiger charge is 2.24. The number of carbonyl (C=O) groups is 1. The van der Waals surface area contributed by atoms with E-state index in [1.165, 1.54) is 0 Å². The summed E-state index contributed by atoms with van der Waals surface area (Å²) in [5, 5.41) is 7.75. The van der Waals surface area contributed by atoms with Gasteiger partial charge in [-0.2, -0.15) is 0 Å². The molecule has 4 rings (SSSR count). The summed E-state index contributed by atoms with van der Waals surface area (Å²) in [6.45, 7) is 2.00. The summed E-state index contributed by atoms with van der Waals surface area (Å²) in [5.74, 6) is -1.95. The Hall–Kier alpha value is -2.80. The zero-order valence-corrected chi connectivity index (χ0v) is 14.8. The molecule has 5 nitrogen and oxygen atoms in total. The molecule has 1 fully saturated rings. The molecule has 27 heavy (non-hydrogen) atoms. The van der Waals surface area contributed by atoms with E-state index in [-0.39, 0.29) is 5.56 Å². The molecule has 0 radical (unpaired) electrons. The maximum Gasteiger partial charge on any atom is 0.258 e. The Kier molecular flexibility index (Phi) is 4.61. The van der Waals surface area contributed by atoms with Gasteiger partial charge in [0.2, 0.25) is 0 Å². The fourth-order valence-electron chi connectivity index (χ4n) is 3.48. The molecule has 0 aliphatic carbocycles. The minimum Gasteiger partial charge on any atom is -0.356 e. The second-order valence-electron chi connectivity index (χ2n) is 6.93. The summed E-state index contributed by atoms with van der Waals surface area (Å²) in [6, 6.07) is 8.07. The van der Waals surface area contributed by atoms with Crippen molar-refractivity contribution >= 4 is 22.6 Å². The SMILES string of the molecule is CN1CCC(c2noc3ccc(NC(=O)c4ccc(F)cc4F)cc23)CC1. The van der Waals surface area contributed by atoms with E-state index in [9.17, 15) is 13.6 Å². The zero-order valence-electron chi connectivity index (χ0n) is 14.8. The van der Waals surface area contributed by atoms with Gasteiger partial charge in [-0.25, -0.2) is 8.78 Å². The maximum atomic E-state index is 13.8. The van der Waals surface area contributed by atoms with Crippen molar-refractivity contribution in [1.82, 2.24) is 10.1 Å². The second-order valence-corrected chi connectivity index (χ2v) is 6.93. The van der Waals surface area contributed by atoms with Crippen LogP contribution in [0.4, 0.5) is 14.5 Å². The predicted molar refractivity (Wildman–Crippen MR) is 97.8 cm³/mol. The third-order valence-electron chi connectivity index (χ3n) is 5.04. The van der Waals surface area contributed by atoms with Crippen molar-refractivity contribution in [1.29, 1.82) is 0 Å². The maximum absolute atomic E-state index is 13.8. The average molecular weight is 371 g/mol. The van der Waals surface area contributed by atoms with Gasteiger partial charge >= 0.3 is 0 Å². The fourth-order valence-corrected chi connectivity index (χ4v) is 3.48. The Morgan fingerprint density at radius 3 is 2.70 bits per heavy atom. The number of halogens is 2. The van der Waals surface area contributed by atoms with Crippen LogP contribution in [0.1, 0.15) is 34.8 Å². The third kappa shape index (κ3) is 3.55. The van der Waals surface area contributed by atoms with Crippen LogP contribution in [0.5, 0.6) is 0 Å². The molecule has 0 bridgehead atoms. The molecular weight excluding hydrogens is 352 g/mol. The van der Waals surface area contributed by atoms with E-state index in [0.29, 0.717) is 23.3 Å². The number of hydrogen-bond donors (Lipinski definition) is 1. The number of likely N-dealkylation sites (tertiary alicyclic amines) is 1. The number of fused-ring (bicyclic) bond motifs is 1. The number of carbonyl (C=O) groups excluding carboxylic acids is 1. The third-order valence-corrected chi connectivity index (χ3v) is 5.04. The fraction of sp³-hybridized carbons (Fsp3) is 0.300. The Labute approximate surface area is 154 Å². The number of nitrogens with one attached hydrogen (secondary N) is 1. The normalized spacial score (nSPS) is 16.0. The van der Waals surface area contributed by atoms with E-state index in [1.54, 1.807) is 18.2 Å². The van der Waals surface area contributed by atoms with Crippen molar-refractivity contribution in [3.05, 3.63) is 59.3 Å². The molecule has 140 valence electrons. The summed E-state index contributed by atoms with van der Waals surface area (Å²) in [5.41, 5.74) is 1.84. The summed E-state index contributed by atoms with van der Waals surface area (Å²) in [7, 11) is 2.10. The van der Waals surface area contributed by atoms with Gasteiger partial charge in [0.15, 0.2) is 5.58 Å². The Bertz CT molecular complexity index is 994. The monoisotopic (exact) mass is 371 g/mol. The van der Waals surface area contributed by atoms with Crippen molar-refractivity contribution < 1.29 is 18.1 Å². The Morgan fingerprint density at radius 1 is 1.19 bits per heavy atom. The van der Waals surface area contributed by atoms with E-state index < -0.39 is 17.5 Å². The smallest absolute Gasteiger partial charge is 0.258 e. The van der Waals surface area contributed by atoms with Crippen LogP contribution in [-0.4, -0.2) is 36.1 Å². The van der Waals surface area contributed by atoms with Gasteiger partial charge in [0, 0.05) is 23.1 Å². The lowest BCUT2D eigenvalue weighted by Crippen LogP contribution is -2.29. The van der Waals surface area contributed by atoms with E-state index in [0.717, 1.165) is 49.1 Å². The van der Waals surface area contributed by atoms with Crippen LogP contribution < -0.4 is 5.32 Å². The quantitative estimate of drug-likeness (QED) is 0.751. The number of hydrogen-bond acceptors (Lipinski definition) is 4. The van der Waals surface area contributed by atoms with Crippen LogP contribution in [-0.2, 0) is 0 Å². The highest BCUT2D eigenvalue weighted by molar-refractivity contribution is 6.05. The molecule has 1 aliphatic rings. The van der Waals surface area contributed by atoms with Crippen molar-refractivity contribution in [2.24, 2.45) is 0 Å². The van der Waals surface area contributed by atoms with Crippen molar-refractivity contribution in [3.8, 4) is 0 Å². The molecule has 1 amide bonds. The van der Waals surface area contributed by atoms with Gasteiger partial charge in [0.1, 0.15) is 11.6 Å². The van der Waals surface area contributed by atoms with Crippen LogP contribution >= 0.6 is 0 Å². The standard InChI is InChI=1S/C20H19F2N3O2/c1-25-8-6-12(7-9-25)19-16-11-14(3-5-18(16)27-24-19)23-20(26)15-4-2-13(21)10-17(15)22/h2-5,10-12H,6-9H2,1H3,(H,23,26). The molecule has 7 heteroatoms. The lowest BCUT2D eigenvalue weighted by Gasteiger charge is -2.27. The summed E-state index contributed by atoms with van der Waals surface area (Å²) < 4.78 is 32.3. The highest BCUT2D eigenvalue weighted by Crippen LogP contribution is 2.33. The Balaban J connectivity index is 1.59. The molecule has 1 saturated heterocycles. The first-order valence-electron chi connectivity index (χ1n) is 8.85. The van der Waals surface area contributed by atoms with E-state index in [1.807, 2.05) is 0 Å². The molecule has 0 unspecified atom stereocenters. The summed E-state index contributed by atoms with van der Waals surface area (Å²) in [6.07, 6.45) is 1.99. The molecular formula is C20H19F2N3O2. The molecule has 2 aromatic carbocycles. The lowest BCUT2D eigenvalue weighted by atomic mass is 9.92. The Morgan fingerprint density at radius 2 is 1.96 bits per heavy atom. The molecule has 0 spiro atoms. The van der Waals surface area contributed by atoms with Crippen LogP contribution in [0.3, 0.4) is 0 Å². The number of nitrogens with zero attached hydrogens (tertiary/aromatic N) is 2. The molecule has 1 aliphatic heterocycles. The van der Waals surface area contributed by atoms with Crippen LogP contribution in [0, 0.1) is 11.6 Å². The number of aromatic nitrogens is 1. The van der Waals surface area contributed by atoms with Gasteiger partial charge < -0.3 is 14.7 Å². The van der Waals surface area contributed by atoms with Crippen LogP contribution in [0.15, 0.2) is 40.9 Å². The largest absolute Gasteiger partial charge is 0.356 e.